The molecule has 1 atom stereocenters. The van der Waals surface area contributed by atoms with Gasteiger partial charge in [0.05, 0.1) is 40.6 Å². The number of aliphatic imine (C=N–C) groups is 1. The van der Waals surface area contributed by atoms with E-state index in [4.69, 9.17) is 26.4 Å². The van der Waals surface area contributed by atoms with Gasteiger partial charge < -0.3 is 36.6 Å². The predicted octanol–water partition coefficient (Wildman–Crippen LogP) is 5.65. The number of hydrazone groups is 1. The summed E-state index contributed by atoms with van der Waals surface area (Å²) in [6.07, 6.45) is 1.88. The number of ketones is 1. The van der Waals surface area contributed by atoms with Crippen molar-refractivity contribution in [3.8, 4) is 22.5 Å². The molecular weight excluding hydrogens is 957 g/mol. The van der Waals surface area contributed by atoms with Crippen LogP contribution in [0, 0.1) is 5.41 Å². The van der Waals surface area contributed by atoms with Gasteiger partial charge in [0, 0.05) is 52.7 Å². The van der Waals surface area contributed by atoms with Gasteiger partial charge in [-0.25, -0.2) is 4.79 Å². The smallest absolute Gasteiger partial charge is 0.336 e. The van der Waals surface area contributed by atoms with Crippen LogP contribution in [0.4, 0.5) is 11.4 Å². The van der Waals surface area contributed by atoms with Crippen LogP contribution in [0.3, 0.4) is 0 Å². The van der Waals surface area contributed by atoms with Crippen molar-refractivity contribution in [2.75, 3.05) is 30.8 Å². The summed E-state index contributed by atoms with van der Waals surface area (Å²) >= 11 is 0. The molecule has 0 bridgehead atoms. The van der Waals surface area contributed by atoms with E-state index in [0.717, 1.165) is 30.2 Å². The highest BCUT2D eigenvalue weighted by Gasteiger charge is 2.33. The lowest BCUT2D eigenvalue weighted by Gasteiger charge is -2.30. The molecule has 71 heavy (non-hydrogen) atoms. The zero-order valence-electron chi connectivity index (χ0n) is 39.0. The molecule has 2 aliphatic heterocycles. The zero-order valence-corrected chi connectivity index (χ0v) is 40.6. The number of hydrogen-bond acceptors (Lipinski definition) is 15. The lowest BCUT2D eigenvalue weighted by molar-refractivity contribution is -0.119. The quantitative estimate of drug-likeness (QED) is 0.0154. The largest absolute Gasteiger partial charge is 0.478 e. The van der Waals surface area contributed by atoms with E-state index < -0.39 is 75.8 Å². The van der Waals surface area contributed by atoms with Crippen molar-refractivity contribution < 1.29 is 54.6 Å². The number of likely N-dealkylation sites (N-methyl/N-ethyl adjacent to an activating group) is 1. The van der Waals surface area contributed by atoms with Gasteiger partial charge in [0.15, 0.2) is 21.1 Å². The average molecular weight is 1010 g/mol. The number of carbonyl (C=O) groups excluding carboxylic acids is 3. The number of benzene rings is 5. The van der Waals surface area contributed by atoms with Crippen LogP contribution in [0.2, 0.25) is 0 Å². The number of nitrogens with zero attached hydrogens (tertiary/aromatic N) is 3. The number of rotatable bonds is 15. The van der Waals surface area contributed by atoms with Gasteiger partial charge in [0.2, 0.25) is 5.91 Å². The normalized spacial score (nSPS) is 14.2. The highest BCUT2D eigenvalue weighted by atomic mass is 32.2. The first kappa shape index (κ1) is 52.7. The summed E-state index contributed by atoms with van der Waals surface area (Å²) in [5.41, 5.74) is 6.79. The summed E-state index contributed by atoms with van der Waals surface area (Å²) < 4.78 is 76.3. The van der Waals surface area contributed by atoms with Gasteiger partial charge in [-0.3, -0.25) is 33.9 Å². The molecule has 3 aliphatic rings. The Hall–Kier alpha value is -7.63. The second kappa shape index (κ2) is 22.0. The lowest BCUT2D eigenvalue weighted by Crippen LogP contribution is -2.37. The lowest BCUT2D eigenvalue weighted by atomic mass is 9.89. The molecule has 7 rings (SSSR count). The van der Waals surface area contributed by atoms with Gasteiger partial charge in [0.1, 0.15) is 11.5 Å². The maximum atomic E-state index is 14.2. The number of amides is 2. The molecule has 0 radical (unpaired) electrons. The van der Waals surface area contributed by atoms with E-state index in [9.17, 15) is 50.2 Å². The number of nitrogen functional groups attached to an aromatic ring is 1. The first-order chi connectivity index (χ1) is 33.8. The molecule has 22 heteroatoms. The van der Waals surface area contributed by atoms with E-state index in [1.54, 1.807) is 43.1 Å². The Labute approximate surface area is 408 Å². The Kier molecular flexibility index (Phi) is 16.3. The second-order valence-electron chi connectivity index (χ2n) is 16.0. The van der Waals surface area contributed by atoms with Gasteiger partial charge in [-0.1, -0.05) is 62.4 Å². The predicted molar refractivity (Wildman–Crippen MR) is 267 cm³/mol. The molecule has 1 unspecified atom stereocenters. The fraction of sp³-hybridized carbons (Fsp3) is 0.245. The summed E-state index contributed by atoms with van der Waals surface area (Å²) in [6.45, 7) is 5.89. The summed E-state index contributed by atoms with van der Waals surface area (Å²) in [6, 6.07) is 22.2. The number of para-hydroxylation sites is 1. The molecule has 20 nitrogen and oxygen atoms in total. The minimum absolute atomic E-state index is 0.0590. The van der Waals surface area contributed by atoms with Crippen molar-refractivity contribution in [3.05, 3.63) is 124 Å². The van der Waals surface area contributed by atoms with Crippen LogP contribution in [-0.4, -0.2) is 92.2 Å². The number of Topliss-reactive ketones (excluding diaryl/α,β-unsaturated/α-hetero) is 1. The van der Waals surface area contributed by atoms with E-state index in [1.807, 2.05) is 38.1 Å². The summed E-state index contributed by atoms with van der Waals surface area (Å²) in [5.74, 6) is 2.63. The van der Waals surface area contributed by atoms with Gasteiger partial charge in [0.25, 0.3) is 26.1 Å². The number of nitrogens with one attached hydrogen (secondary N) is 3. The van der Waals surface area contributed by atoms with Gasteiger partial charge in [-0.15, -0.1) is 0 Å². The minimum Gasteiger partial charge on any atom is -0.478 e. The van der Waals surface area contributed by atoms with E-state index >= 15 is 0 Å². The van der Waals surface area contributed by atoms with E-state index in [-0.39, 0.29) is 59.0 Å². The molecule has 4 aromatic rings. The number of carbonyl (C=O) groups is 4. The van der Waals surface area contributed by atoms with Crippen LogP contribution in [0.1, 0.15) is 83.9 Å². The molecular formula is C49H52N8O12S2. The number of aromatic carboxylic acids is 1. The monoisotopic (exact) mass is 1010 g/mol. The van der Waals surface area contributed by atoms with Crippen LogP contribution in [0.5, 0.6) is 0 Å². The molecule has 0 saturated heterocycles. The summed E-state index contributed by atoms with van der Waals surface area (Å²) in [4.78, 5) is 57.2. The first-order valence-corrected chi connectivity index (χ1v) is 25.1. The molecule has 2 amide bonds. The number of anilines is 2. The molecule has 10 N–H and O–H groups in total. The molecule has 1 aliphatic carbocycles. The van der Waals surface area contributed by atoms with Crippen molar-refractivity contribution in [1.82, 2.24) is 10.6 Å². The third-order valence-electron chi connectivity index (χ3n) is 11.6. The Bertz CT molecular complexity index is 3410. The highest BCUT2D eigenvalue weighted by molar-refractivity contribution is 7.86. The molecule has 2 heterocycles. The molecule has 0 spiro atoms. The fourth-order valence-corrected chi connectivity index (χ4v) is 9.90. The SMILES string of the molecule is CC.CNC(CCCCN=C1/C(=N\N)c2ccccc2N(C(=O)CCNC(=O)c2ccc(-c3c4ccc(=N)c(S(=O)(=O)O)c-4oc4c(S(=O)(=O)O)c(N)ccc34)c(C(=O)O)c2)Cc2ccccc21)C(C)=O. The molecule has 0 fully saturated rings. The Morgan fingerprint density at radius 3 is 2.15 bits per heavy atom. The van der Waals surface area contributed by atoms with Gasteiger partial charge in [-0.05, 0) is 86.8 Å². The van der Waals surface area contributed by atoms with Crippen LogP contribution < -0.4 is 32.5 Å². The van der Waals surface area contributed by atoms with Gasteiger partial charge in [-0.2, -0.15) is 21.9 Å². The summed E-state index contributed by atoms with van der Waals surface area (Å²) in [5, 5.41) is 27.6. The standard InChI is InChI=1S/C47H46N8O12S2.C2H6/c1-25(56)36(51-2)12-7-8-21-52-40-28-10-4-3-9-27(28)24-55(37-13-6-5-11-30(37)41(40)54-50)38(57)20-22-53-46(58)26-14-15-29(33(23-26)47(59)60)39-31-16-18-34(48)44(68(61,62)63)42(31)67-43-32(39)17-19-35(49)45(43)69(64,65)66;1-2/h3-6,9-11,13-19,23,36,48,51H,7-8,12,20-22,24,49-50H2,1-2H3,(H,53,58)(H,59,60)(H,61,62,63)(H,64,65,66);1-2H3/b48-34?,52-40?,54-41-;. The number of fused-ring (bicyclic) bond motifs is 4. The third-order valence-corrected chi connectivity index (χ3v) is 13.5. The number of nitrogens with two attached hydrogens (primary N) is 2. The van der Waals surface area contributed by atoms with Crippen LogP contribution in [0.15, 0.2) is 115 Å². The second-order valence-corrected chi connectivity index (χ2v) is 18.7. The first-order valence-electron chi connectivity index (χ1n) is 22.2. The van der Waals surface area contributed by atoms with Crippen LogP contribution >= 0.6 is 0 Å². The molecule has 0 aromatic heterocycles. The van der Waals surface area contributed by atoms with E-state index in [1.165, 1.54) is 24.3 Å². The Balaban J connectivity index is 0.00000407. The molecule has 372 valence electrons. The Morgan fingerprint density at radius 1 is 0.845 bits per heavy atom. The topological polar surface area (TPSA) is 338 Å². The van der Waals surface area contributed by atoms with Crippen molar-refractivity contribution >= 4 is 77.6 Å². The number of unbranched alkanes of at least 4 members (excludes halogenated alkanes) is 1. The fourth-order valence-electron chi connectivity index (χ4n) is 8.42. The average Bonchev–Trinajstić information content (AvgIpc) is 3.32. The van der Waals surface area contributed by atoms with Crippen molar-refractivity contribution in [2.24, 2.45) is 15.9 Å². The zero-order chi connectivity index (χ0) is 51.9. The number of carboxylic acids is 1. The number of hydrogen-bond donors (Lipinski definition) is 8. The van der Waals surface area contributed by atoms with Crippen LogP contribution in [-0.2, 0) is 36.4 Å². The maximum Gasteiger partial charge on any atom is 0.336 e. The minimum atomic E-state index is -5.24. The maximum absolute atomic E-state index is 14.2. The van der Waals surface area contributed by atoms with Crippen molar-refractivity contribution in [3.63, 3.8) is 0 Å². The molecule has 0 saturated carbocycles. The van der Waals surface area contributed by atoms with E-state index in [2.05, 4.69) is 15.7 Å². The van der Waals surface area contributed by atoms with Gasteiger partial charge >= 0.3 is 5.97 Å². The third kappa shape index (κ3) is 11.1. The van der Waals surface area contributed by atoms with Crippen molar-refractivity contribution in [2.45, 2.75) is 68.8 Å². The number of carboxylic acid groups (broad SMARTS) is 1. The Morgan fingerprint density at radius 2 is 1.51 bits per heavy atom. The van der Waals surface area contributed by atoms with Crippen LogP contribution in [0.25, 0.3) is 33.4 Å². The molecule has 4 aromatic carbocycles. The highest BCUT2D eigenvalue weighted by Crippen LogP contribution is 2.46. The summed E-state index contributed by atoms with van der Waals surface area (Å²) in [7, 11) is -8.69. The van der Waals surface area contributed by atoms with E-state index in [0.29, 0.717) is 47.6 Å². The van der Waals surface area contributed by atoms with Crippen molar-refractivity contribution in [1.29, 1.82) is 5.41 Å².